The van der Waals surface area contributed by atoms with Crippen LogP contribution in [0.15, 0.2) is 30.5 Å². The summed E-state index contributed by atoms with van der Waals surface area (Å²) < 4.78 is 17.5. The summed E-state index contributed by atoms with van der Waals surface area (Å²) in [4.78, 5) is 27.2. The van der Waals surface area contributed by atoms with Crippen LogP contribution in [0.2, 0.25) is 0 Å². The lowest BCUT2D eigenvalue weighted by molar-refractivity contribution is -0.142. The number of nitrogens with one attached hydrogen (secondary N) is 1. The van der Waals surface area contributed by atoms with E-state index < -0.39 is 17.9 Å². The first-order valence-corrected chi connectivity index (χ1v) is 5.95. The number of ether oxygens (including phenoxy) is 1. The Hall–Kier alpha value is -2.50. The highest BCUT2D eigenvalue weighted by Crippen LogP contribution is 2.14. The number of aromatic nitrogens is 1. The van der Waals surface area contributed by atoms with Crippen LogP contribution >= 0.6 is 0 Å². The smallest absolute Gasteiger partial charge is 0.328 e. The van der Waals surface area contributed by atoms with Crippen LogP contribution in [0, 0.1) is 5.82 Å². The maximum Gasteiger partial charge on any atom is 0.328 e. The molecule has 5 nitrogen and oxygen atoms in total. The molecule has 2 aromatic rings. The zero-order valence-corrected chi connectivity index (χ0v) is 11.0. The number of methoxy groups -OCH3 is 1. The predicted molar refractivity (Wildman–Crippen MR) is 70.6 cm³/mol. The van der Waals surface area contributed by atoms with Gasteiger partial charge in [-0.2, -0.15) is 0 Å². The van der Waals surface area contributed by atoms with Gasteiger partial charge in [-0.25, -0.2) is 9.18 Å². The minimum atomic E-state index is -0.753. The van der Waals surface area contributed by atoms with Crippen molar-refractivity contribution in [1.29, 1.82) is 0 Å². The minimum absolute atomic E-state index is 0.292. The fourth-order valence-corrected chi connectivity index (χ4v) is 1.73. The number of halogens is 1. The molecule has 1 N–H and O–H groups in total. The third kappa shape index (κ3) is 2.90. The Labute approximate surface area is 114 Å². The molecule has 1 atom stereocenters. The maximum absolute atomic E-state index is 13.0. The zero-order valence-electron chi connectivity index (χ0n) is 11.0. The number of nitrogens with zero attached hydrogens (tertiary/aromatic N) is 1. The third-order valence-electron chi connectivity index (χ3n) is 2.81. The van der Waals surface area contributed by atoms with Gasteiger partial charge in [-0.15, -0.1) is 0 Å². The van der Waals surface area contributed by atoms with Gasteiger partial charge in [0, 0.05) is 17.6 Å². The van der Waals surface area contributed by atoms with Crippen LogP contribution in [-0.2, 0) is 9.53 Å². The molecule has 6 heteroatoms. The van der Waals surface area contributed by atoms with E-state index in [2.05, 4.69) is 15.0 Å². The number of rotatable bonds is 3. The molecule has 0 spiro atoms. The number of benzene rings is 1. The molecular weight excluding hydrogens is 263 g/mol. The van der Waals surface area contributed by atoms with E-state index in [1.54, 1.807) is 6.07 Å². The molecule has 1 aromatic heterocycles. The van der Waals surface area contributed by atoms with E-state index >= 15 is 0 Å². The number of amides is 1. The molecule has 0 saturated carbocycles. The largest absolute Gasteiger partial charge is 0.467 e. The lowest BCUT2D eigenvalue weighted by Crippen LogP contribution is -2.39. The standard InChI is InChI=1S/C14H13FN2O3/c1-8(14(19)20-2)17-13(18)10-5-9-3-4-11(15)6-12(9)16-7-10/h3-8H,1-2H3,(H,17,18). The minimum Gasteiger partial charge on any atom is -0.467 e. The molecule has 0 aliphatic heterocycles. The molecular formula is C14H13FN2O3. The number of carbonyl (C=O) groups is 2. The molecule has 0 bridgehead atoms. The van der Waals surface area contributed by atoms with Crippen molar-refractivity contribution in [1.82, 2.24) is 10.3 Å². The van der Waals surface area contributed by atoms with E-state index in [1.165, 1.54) is 38.4 Å². The molecule has 1 amide bonds. The van der Waals surface area contributed by atoms with Crippen LogP contribution in [0.4, 0.5) is 4.39 Å². The Balaban J connectivity index is 2.22. The summed E-state index contributed by atoms with van der Waals surface area (Å²) in [5.41, 5.74) is 0.752. The number of carbonyl (C=O) groups excluding carboxylic acids is 2. The van der Waals surface area contributed by atoms with Crippen molar-refractivity contribution in [2.75, 3.05) is 7.11 Å². The molecule has 1 unspecified atom stereocenters. The summed E-state index contributed by atoms with van der Waals surface area (Å²) in [7, 11) is 1.25. The third-order valence-corrected chi connectivity index (χ3v) is 2.81. The van der Waals surface area contributed by atoms with Crippen LogP contribution in [0.5, 0.6) is 0 Å². The highest BCUT2D eigenvalue weighted by atomic mass is 19.1. The average molecular weight is 276 g/mol. The summed E-state index contributed by atoms with van der Waals surface area (Å²) in [5.74, 6) is -1.36. The number of hydrogen-bond donors (Lipinski definition) is 1. The number of pyridine rings is 1. The van der Waals surface area contributed by atoms with Crippen LogP contribution in [0.3, 0.4) is 0 Å². The highest BCUT2D eigenvalue weighted by Gasteiger charge is 2.17. The molecule has 0 saturated heterocycles. The van der Waals surface area contributed by atoms with E-state index in [0.717, 1.165) is 0 Å². The summed E-state index contributed by atoms with van der Waals surface area (Å²) in [6.07, 6.45) is 1.33. The quantitative estimate of drug-likeness (QED) is 0.866. The van der Waals surface area contributed by atoms with Gasteiger partial charge in [-0.05, 0) is 25.1 Å². The Kier molecular flexibility index (Phi) is 3.93. The first-order valence-electron chi connectivity index (χ1n) is 5.95. The second kappa shape index (κ2) is 5.64. The fourth-order valence-electron chi connectivity index (χ4n) is 1.73. The molecule has 20 heavy (non-hydrogen) atoms. The zero-order chi connectivity index (χ0) is 14.7. The summed E-state index contributed by atoms with van der Waals surface area (Å²) in [5, 5.41) is 3.14. The fraction of sp³-hybridized carbons (Fsp3) is 0.214. The normalized spacial score (nSPS) is 11.9. The molecule has 0 aliphatic rings. The number of esters is 1. The first-order chi connectivity index (χ1) is 9.51. The van der Waals surface area contributed by atoms with E-state index in [0.29, 0.717) is 16.5 Å². The van der Waals surface area contributed by atoms with Gasteiger partial charge in [0.1, 0.15) is 11.9 Å². The summed E-state index contributed by atoms with van der Waals surface area (Å²) in [6, 6.07) is 4.95. The number of hydrogen-bond acceptors (Lipinski definition) is 4. The highest BCUT2D eigenvalue weighted by molar-refractivity contribution is 5.99. The van der Waals surface area contributed by atoms with Gasteiger partial charge in [0.25, 0.3) is 5.91 Å². The molecule has 0 aliphatic carbocycles. The van der Waals surface area contributed by atoms with Gasteiger partial charge in [0.05, 0.1) is 18.2 Å². The van der Waals surface area contributed by atoms with Gasteiger partial charge in [-0.3, -0.25) is 9.78 Å². The summed E-state index contributed by atoms with van der Waals surface area (Å²) in [6.45, 7) is 1.52. The van der Waals surface area contributed by atoms with E-state index in [1.807, 2.05) is 0 Å². The van der Waals surface area contributed by atoms with Crippen molar-refractivity contribution < 1.29 is 18.7 Å². The van der Waals surface area contributed by atoms with Crippen molar-refractivity contribution in [3.05, 3.63) is 41.8 Å². The van der Waals surface area contributed by atoms with E-state index in [9.17, 15) is 14.0 Å². The van der Waals surface area contributed by atoms with E-state index in [4.69, 9.17) is 0 Å². The van der Waals surface area contributed by atoms with Gasteiger partial charge in [0.15, 0.2) is 0 Å². The molecule has 0 radical (unpaired) electrons. The Bertz CT molecular complexity index is 673. The summed E-state index contributed by atoms with van der Waals surface area (Å²) >= 11 is 0. The second-order valence-electron chi connectivity index (χ2n) is 4.28. The first kappa shape index (κ1) is 13.9. The van der Waals surface area contributed by atoms with Crippen molar-refractivity contribution in [3.8, 4) is 0 Å². The van der Waals surface area contributed by atoms with Crippen LogP contribution in [0.25, 0.3) is 10.9 Å². The Morgan fingerprint density at radius 3 is 2.80 bits per heavy atom. The lowest BCUT2D eigenvalue weighted by Gasteiger charge is -2.11. The Morgan fingerprint density at radius 1 is 1.35 bits per heavy atom. The van der Waals surface area contributed by atoms with Crippen molar-refractivity contribution in [2.24, 2.45) is 0 Å². The maximum atomic E-state index is 13.0. The van der Waals surface area contributed by atoms with Crippen LogP contribution in [0.1, 0.15) is 17.3 Å². The van der Waals surface area contributed by atoms with Gasteiger partial charge in [-0.1, -0.05) is 0 Å². The topological polar surface area (TPSA) is 68.3 Å². The van der Waals surface area contributed by atoms with Crippen molar-refractivity contribution >= 4 is 22.8 Å². The molecule has 2 rings (SSSR count). The van der Waals surface area contributed by atoms with Crippen LogP contribution in [-0.4, -0.2) is 30.0 Å². The van der Waals surface area contributed by atoms with Crippen molar-refractivity contribution in [2.45, 2.75) is 13.0 Å². The number of fused-ring (bicyclic) bond motifs is 1. The van der Waals surface area contributed by atoms with E-state index in [-0.39, 0.29) is 5.82 Å². The average Bonchev–Trinajstić information content (AvgIpc) is 2.45. The van der Waals surface area contributed by atoms with Crippen molar-refractivity contribution in [3.63, 3.8) is 0 Å². The lowest BCUT2D eigenvalue weighted by atomic mass is 10.1. The predicted octanol–water partition coefficient (Wildman–Crippen LogP) is 1.67. The molecule has 1 heterocycles. The second-order valence-corrected chi connectivity index (χ2v) is 4.28. The molecule has 1 aromatic carbocycles. The molecule has 104 valence electrons. The van der Waals surface area contributed by atoms with Gasteiger partial charge >= 0.3 is 5.97 Å². The van der Waals surface area contributed by atoms with Gasteiger partial charge in [0.2, 0.25) is 0 Å². The monoisotopic (exact) mass is 276 g/mol. The van der Waals surface area contributed by atoms with Crippen LogP contribution < -0.4 is 5.32 Å². The Morgan fingerprint density at radius 2 is 2.10 bits per heavy atom. The SMILES string of the molecule is COC(=O)C(C)NC(=O)c1cnc2cc(F)ccc2c1. The molecule has 0 fully saturated rings. The van der Waals surface area contributed by atoms with Gasteiger partial charge < -0.3 is 10.1 Å².